The number of benzene rings is 1. The van der Waals surface area contributed by atoms with E-state index in [0.717, 1.165) is 12.8 Å². The SMILES string of the molecule is CCC(CC)C(=O)N1CCC2(CC1)NC(=O)N(CCOc1ccccc1)C2=O. The van der Waals surface area contributed by atoms with E-state index in [4.69, 9.17) is 4.74 Å². The minimum Gasteiger partial charge on any atom is -0.492 e. The van der Waals surface area contributed by atoms with Crippen molar-refractivity contribution in [2.45, 2.75) is 45.1 Å². The van der Waals surface area contributed by atoms with Gasteiger partial charge in [-0.2, -0.15) is 0 Å². The van der Waals surface area contributed by atoms with Gasteiger partial charge in [0.05, 0.1) is 6.54 Å². The molecule has 7 heteroatoms. The summed E-state index contributed by atoms with van der Waals surface area (Å²) in [5.74, 6) is 0.695. The molecule has 1 N–H and O–H groups in total. The lowest BCUT2D eigenvalue weighted by atomic mass is 9.86. The van der Waals surface area contributed by atoms with Crippen LogP contribution in [-0.2, 0) is 9.59 Å². The molecular formula is C21H29N3O4. The molecule has 2 fully saturated rings. The van der Waals surface area contributed by atoms with Crippen LogP contribution in [0.25, 0.3) is 0 Å². The summed E-state index contributed by atoms with van der Waals surface area (Å²) < 4.78 is 5.61. The molecule has 0 saturated carbocycles. The Morgan fingerprint density at radius 2 is 1.79 bits per heavy atom. The highest BCUT2D eigenvalue weighted by Crippen LogP contribution is 2.30. The molecule has 4 amide bonds. The number of amides is 4. The average Bonchev–Trinajstić information content (AvgIpc) is 2.94. The molecule has 1 aromatic rings. The van der Waals surface area contributed by atoms with Gasteiger partial charge in [0.25, 0.3) is 5.91 Å². The molecule has 0 bridgehead atoms. The van der Waals surface area contributed by atoms with E-state index in [1.807, 2.05) is 49.1 Å². The maximum Gasteiger partial charge on any atom is 0.325 e. The topological polar surface area (TPSA) is 79.0 Å². The van der Waals surface area contributed by atoms with Gasteiger partial charge in [-0.15, -0.1) is 0 Å². The van der Waals surface area contributed by atoms with E-state index < -0.39 is 5.54 Å². The maximum atomic E-state index is 12.9. The molecule has 1 spiro atoms. The molecule has 0 radical (unpaired) electrons. The fourth-order valence-electron chi connectivity index (χ4n) is 3.99. The van der Waals surface area contributed by atoms with Crippen LogP contribution in [0, 0.1) is 5.92 Å². The lowest BCUT2D eigenvalue weighted by Crippen LogP contribution is -2.56. The van der Waals surface area contributed by atoms with Crippen molar-refractivity contribution in [3.63, 3.8) is 0 Å². The summed E-state index contributed by atoms with van der Waals surface area (Å²) in [4.78, 5) is 41.0. The normalized spacial score (nSPS) is 18.7. The number of urea groups is 1. The van der Waals surface area contributed by atoms with Crippen molar-refractivity contribution in [2.75, 3.05) is 26.2 Å². The summed E-state index contributed by atoms with van der Waals surface area (Å²) in [7, 11) is 0. The van der Waals surface area contributed by atoms with Crippen LogP contribution in [-0.4, -0.2) is 59.4 Å². The number of carbonyl (C=O) groups excluding carboxylic acids is 3. The van der Waals surface area contributed by atoms with Crippen LogP contribution < -0.4 is 10.1 Å². The zero-order valence-electron chi connectivity index (χ0n) is 16.6. The minimum atomic E-state index is -0.880. The van der Waals surface area contributed by atoms with E-state index >= 15 is 0 Å². The molecule has 0 aromatic heterocycles. The molecule has 1 aromatic carbocycles. The lowest BCUT2D eigenvalue weighted by Gasteiger charge is -2.38. The molecule has 2 saturated heterocycles. The van der Waals surface area contributed by atoms with Crippen molar-refractivity contribution in [3.05, 3.63) is 30.3 Å². The number of hydrogen-bond acceptors (Lipinski definition) is 4. The second-order valence-electron chi connectivity index (χ2n) is 7.47. The number of hydrogen-bond donors (Lipinski definition) is 1. The molecular weight excluding hydrogens is 358 g/mol. The van der Waals surface area contributed by atoms with Gasteiger partial charge in [0.2, 0.25) is 5.91 Å². The Morgan fingerprint density at radius 1 is 1.14 bits per heavy atom. The number of carbonyl (C=O) groups is 3. The van der Waals surface area contributed by atoms with Crippen LogP contribution in [0.1, 0.15) is 39.5 Å². The number of likely N-dealkylation sites (tertiary alicyclic amines) is 1. The lowest BCUT2D eigenvalue weighted by molar-refractivity contribution is -0.141. The number of nitrogens with zero attached hydrogens (tertiary/aromatic N) is 2. The van der Waals surface area contributed by atoms with Gasteiger partial charge >= 0.3 is 6.03 Å². The Kier molecular flexibility index (Phi) is 6.21. The molecule has 2 aliphatic rings. The van der Waals surface area contributed by atoms with Crippen LogP contribution in [0.15, 0.2) is 30.3 Å². The largest absolute Gasteiger partial charge is 0.492 e. The number of rotatable bonds is 7. The third-order valence-electron chi connectivity index (χ3n) is 5.84. The van der Waals surface area contributed by atoms with Crippen molar-refractivity contribution < 1.29 is 19.1 Å². The van der Waals surface area contributed by atoms with E-state index in [2.05, 4.69) is 5.32 Å². The molecule has 3 rings (SSSR count). The number of imide groups is 1. The van der Waals surface area contributed by atoms with E-state index in [0.29, 0.717) is 31.7 Å². The summed E-state index contributed by atoms with van der Waals surface area (Å²) in [5, 5.41) is 2.88. The van der Waals surface area contributed by atoms with Gasteiger partial charge in [-0.3, -0.25) is 14.5 Å². The molecule has 0 atom stereocenters. The number of piperidine rings is 1. The summed E-state index contributed by atoms with van der Waals surface area (Å²) in [6, 6.07) is 8.93. The molecule has 0 unspecified atom stereocenters. The third kappa shape index (κ3) is 3.98. The van der Waals surface area contributed by atoms with Gasteiger partial charge in [-0.25, -0.2) is 4.79 Å². The summed E-state index contributed by atoms with van der Waals surface area (Å²) >= 11 is 0. The van der Waals surface area contributed by atoms with Crippen LogP contribution >= 0.6 is 0 Å². The average molecular weight is 387 g/mol. The highest BCUT2D eigenvalue weighted by Gasteiger charge is 2.52. The third-order valence-corrected chi connectivity index (χ3v) is 5.84. The van der Waals surface area contributed by atoms with Gasteiger partial charge in [0.1, 0.15) is 17.9 Å². The number of ether oxygens (including phenoxy) is 1. The number of para-hydroxylation sites is 1. The quantitative estimate of drug-likeness (QED) is 0.729. The first kappa shape index (κ1) is 20.2. The standard InChI is InChI=1S/C21H29N3O4/c1-3-16(4-2)18(25)23-12-10-21(11-13-23)19(26)24(20(27)22-21)14-15-28-17-8-6-5-7-9-17/h5-9,16H,3-4,10-15H2,1-2H3,(H,22,27). The van der Waals surface area contributed by atoms with E-state index in [1.165, 1.54) is 4.90 Å². The molecule has 2 heterocycles. The summed E-state index contributed by atoms with van der Waals surface area (Å²) in [6.45, 7) is 5.49. The summed E-state index contributed by atoms with van der Waals surface area (Å²) in [5.41, 5.74) is -0.880. The van der Waals surface area contributed by atoms with Crippen molar-refractivity contribution in [1.82, 2.24) is 15.1 Å². The fourth-order valence-corrected chi connectivity index (χ4v) is 3.99. The van der Waals surface area contributed by atoms with E-state index in [-0.39, 0.29) is 36.9 Å². The Morgan fingerprint density at radius 3 is 2.39 bits per heavy atom. The van der Waals surface area contributed by atoms with Crippen LogP contribution in [0.2, 0.25) is 0 Å². The Labute approximate surface area is 166 Å². The fraction of sp³-hybridized carbons (Fsp3) is 0.571. The predicted molar refractivity (Wildman–Crippen MR) is 105 cm³/mol. The van der Waals surface area contributed by atoms with Crippen LogP contribution in [0.5, 0.6) is 5.75 Å². The molecule has 152 valence electrons. The molecule has 2 aliphatic heterocycles. The van der Waals surface area contributed by atoms with Crippen LogP contribution in [0.4, 0.5) is 4.79 Å². The first-order chi connectivity index (χ1) is 13.5. The highest BCUT2D eigenvalue weighted by molar-refractivity contribution is 6.07. The van der Waals surface area contributed by atoms with Crippen molar-refractivity contribution in [3.8, 4) is 5.75 Å². The zero-order valence-corrected chi connectivity index (χ0v) is 16.6. The second kappa shape index (κ2) is 8.63. The molecule has 7 nitrogen and oxygen atoms in total. The van der Waals surface area contributed by atoms with E-state index in [1.54, 1.807) is 0 Å². The van der Waals surface area contributed by atoms with Gasteiger partial charge < -0.3 is 15.0 Å². The van der Waals surface area contributed by atoms with Gasteiger partial charge in [-0.05, 0) is 37.8 Å². The Hall–Kier alpha value is -2.57. The zero-order chi connectivity index (χ0) is 20.1. The maximum absolute atomic E-state index is 12.9. The monoisotopic (exact) mass is 387 g/mol. The highest BCUT2D eigenvalue weighted by atomic mass is 16.5. The summed E-state index contributed by atoms with van der Waals surface area (Å²) in [6.07, 6.45) is 2.56. The van der Waals surface area contributed by atoms with Gasteiger partial charge in [-0.1, -0.05) is 32.0 Å². The predicted octanol–water partition coefficient (Wildman–Crippen LogP) is 2.41. The molecule has 0 aliphatic carbocycles. The molecule has 28 heavy (non-hydrogen) atoms. The Balaban J connectivity index is 1.55. The van der Waals surface area contributed by atoms with Crippen LogP contribution in [0.3, 0.4) is 0 Å². The van der Waals surface area contributed by atoms with Gasteiger partial charge in [0.15, 0.2) is 0 Å². The smallest absolute Gasteiger partial charge is 0.325 e. The minimum absolute atomic E-state index is 0.0366. The second-order valence-corrected chi connectivity index (χ2v) is 7.47. The van der Waals surface area contributed by atoms with Crippen molar-refractivity contribution in [1.29, 1.82) is 0 Å². The first-order valence-corrected chi connectivity index (χ1v) is 10.1. The first-order valence-electron chi connectivity index (χ1n) is 10.1. The van der Waals surface area contributed by atoms with Crippen molar-refractivity contribution >= 4 is 17.8 Å². The van der Waals surface area contributed by atoms with E-state index in [9.17, 15) is 14.4 Å². The van der Waals surface area contributed by atoms with Gasteiger partial charge in [0, 0.05) is 19.0 Å². The van der Waals surface area contributed by atoms with Crippen molar-refractivity contribution in [2.24, 2.45) is 5.92 Å². The Bertz CT molecular complexity index is 710. The number of nitrogens with one attached hydrogen (secondary N) is 1.